The molecule has 7 heteroatoms. The van der Waals surface area contributed by atoms with Gasteiger partial charge in [0.2, 0.25) is 0 Å². The zero-order chi connectivity index (χ0) is 15.1. The quantitative estimate of drug-likeness (QED) is 0.630. The van der Waals surface area contributed by atoms with E-state index in [4.69, 9.17) is 0 Å². The maximum absolute atomic E-state index is 12.1. The van der Waals surface area contributed by atoms with Crippen LogP contribution in [-0.4, -0.2) is 27.0 Å². The highest BCUT2D eigenvalue weighted by Gasteiger charge is 2.29. The monoisotopic (exact) mass is 292 g/mol. The fourth-order valence-electron chi connectivity index (χ4n) is 2.41. The van der Waals surface area contributed by atoms with Crippen LogP contribution in [0.2, 0.25) is 0 Å². The molecule has 0 bridgehead atoms. The van der Waals surface area contributed by atoms with E-state index in [1.165, 1.54) is 0 Å². The number of nitrogens with zero attached hydrogens (tertiary/aromatic N) is 3. The van der Waals surface area contributed by atoms with Crippen LogP contribution in [-0.2, 0) is 4.79 Å². The molecule has 3 aromatic rings. The van der Waals surface area contributed by atoms with E-state index in [9.17, 15) is 4.79 Å². The first kappa shape index (κ1) is 12.5. The van der Waals surface area contributed by atoms with E-state index < -0.39 is 0 Å². The number of amides is 1. The summed E-state index contributed by atoms with van der Waals surface area (Å²) < 4.78 is 0. The standard InChI is InChI=1S/C15H12N6O/c1-8-2-4-9(5-3-8)17-19-14-12-10(16-15(14)22)6-7-11-13(12)20-21-18-11/h2-7,17H,1H3,(H,16,19,22)(H,18,20,21). The Balaban J connectivity index is 1.76. The summed E-state index contributed by atoms with van der Waals surface area (Å²) in [4.78, 5) is 12.1. The van der Waals surface area contributed by atoms with E-state index in [0.29, 0.717) is 22.5 Å². The first-order chi connectivity index (χ1) is 10.7. The van der Waals surface area contributed by atoms with Gasteiger partial charge in [-0.25, -0.2) is 0 Å². The molecule has 2 aromatic carbocycles. The summed E-state index contributed by atoms with van der Waals surface area (Å²) in [6.45, 7) is 2.01. The minimum absolute atomic E-state index is 0.259. The van der Waals surface area contributed by atoms with Crippen molar-refractivity contribution in [2.24, 2.45) is 5.10 Å². The lowest BCUT2D eigenvalue weighted by Crippen LogP contribution is -2.16. The Labute approximate surface area is 125 Å². The zero-order valence-electron chi connectivity index (χ0n) is 11.7. The summed E-state index contributed by atoms with van der Waals surface area (Å²) in [5.74, 6) is -0.259. The molecular weight excluding hydrogens is 280 g/mol. The Hall–Kier alpha value is -3.22. The second kappa shape index (κ2) is 4.66. The molecule has 2 heterocycles. The van der Waals surface area contributed by atoms with E-state index in [-0.39, 0.29) is 5.91 Å². The Morgan fingerprint density at radius 1 is 1.14 bits per heavy atom. The molecule has 3 N–H and O–H groups in total. The predicted octanol–water partition coefficient (Wildman–Crippen LogP) is 2.03. The molecule has 0 aliphatic carbocycles. The smallest absolute Gasteiger partial charge is 0.276 e. The largest absolute Gasteiger partial charge is 0.320 e. The van der Waals surface area contributed by atoms with Crippen molar-refractivity contribution in [3.05, 3.63) is 47.5 Å². The normalized spacial score (nSPS) is 15.1. The fourth-order valence-corrected chi connectivity index (χ4v) is 2.41. The molecule has 1 aliphatic rings. The molecule has 1 amide bonds. The third-order valence-electron chi connectivity index (χ3n) is 3.55. The Morgan fingerprint density at radius 2 is 1.95 bits per heavy atom. The molecule has 4 rings (SSSR count). The average molecular weight is 292 g/mol. The van der Waals surface area contributed by atoms with Gasteiger partial charge in [-0.2, -0.15) is 5.10 Å². The molecule has 0 unspecified atom stereocenters. The Kier molecular flexibility index (Phi) is 2.65. The lowest BCUT2D eigenvalue weighted by Gasteiger charge is -2.02. The lowest BCUT2D eigenvalue weighted by atomic mass is 10.1. The van der Waals surface area contributed by atoms with Gasteiger partial charge in [-0.1, -0.05) is 22.9 Å². The van der Waals surface area contributed by atoms with Gasteiger partial charge in [0.1, 0.15) is 5.52 Å². The highest BCUT2D eigenvalue weighted by Crippen LogP contribution is 2.29. The van der Waals surface area contributed by atoms with Gasteiger partial charge in [0.05, 0.1) is 22.5 Å². The van der Waals surface area contributed by atoms with Crippen LogP contribution in [0.15, 0.2) is 41.5 Å². The van der Waals surface area contributed by atoms with Crippen molar-refractivity contribution in [3.8, 4) is 0 Å². The number of H-pyrrole nitrogens is 1. The van der Waals surface area contributed by atoms with Crippen LogP contribution in [0, 0.1) is 6.92 Å². The highest BCUT2D eigenvalue weighted by molar-refractivity contribution is 6.55. The van der Waals surface area contributed by atoms with Gasteiger partial charge in [-0.05, 0) is 31.2 Å². The summed E-state index contributed by atoms with van der Waals surface area (Å²) in [5.41, 5.74) is 7.92. The van der Waals surface area contributed by atoms with Gasteiger partial charge in [0.25, 0.3) is 5.91 Å². The Morgan fingerprint density at radius 3 is 2.77 bits per heavy atom. The molecule has 108 valence electrons. The molecule has 0 saturated carbocycles. The minimum atomic E-state index is -0.259. The number of carbonyl (C=O) groups is 1. The van der Waals surface area contributed by atoms with Gasteiger partial charge in [-0.15, -0.1) is 5.10 Å². The number of aryl methyl sites for hydroxylation is 1. The van der Waals surface area contributed by atoms with Gasteiger partial charge in [-0.3, -0.25) is 15.3 Å². The maximum atomic E-state index is 12.1. The number of hydrogen-bond acceptors (Lipinski definition) is 5. The third kappa shape index (κ3) is 1.91. The third-order valence-corrected chi connectivity index (χ3v) is 3.55. The van der Waals surface area contributed by atoms with Crippen LogP contribution < -0.4 is 10.7 Å². The topological polar surface area (TPSA) is 95.1 Å². The van der Waals surface area contributed by atoms with Crippen LogP contribution in [0.4, 0.5) is 11.4 Å². The van der Waals surface area contributed by atoms with E-state index in [1.807, 2.05) is 43.3 Å². The van der Waals surface area contributed by atoms with Crippen molar-refractivity contribution in [1.82, 2.24) is 15.4 Å². The number of hydrogen-bond donors (Lipinski definition) is 3. The van der Waals surface area contributed by atoms with Crippen molar-refractivity contribution in [3.63, 3.8) is 0 Å². The molecule has 0 spiro atoms. The van der Waals surface area contributed by atoms with Crippen molar-refractivity contribution in [2.45, 2.75) is 6.92 Å². The number of benzene rings is 2. The molecule has 1 aromatic heterocycles. The van der Waals surface area contributed by atoms with Gasteiger partial charge >= 0.3 is 0 Å². The second-order valence-corrected chi connectivity index (χ2v) is 5.09. The van der Waals surface area contributed by atoms with Crippen molar-refractivity contribution in [2.75, 3.05) is 10.7 Å². The number of aromatic amines is 1. The number of fused-ring (bicyclic) bond motifs is 3. The molecule has 0 fully saturated rings. The van der Waals surface area contributed by atoms with E-state index in [2.05, 4.69) is 31.3 Å². The number of carbonyl (C=O) groups excluding carboxylic acids is 1. The van der Waals surface area contributed by atoms with Crippen LogP contribution in [0.25, 0.3) is 11.0 Å². The van der Waals surface area contributed by atoms with Crippen molar-refractivity contribution < 1.29 is 4.79 Å². The van der Waals surface area contributed by atoms with Crippen LogP contribution >= 0.6 is 0 Å². The van der Waals surface area contributed by atoms with E-state index >= 15 is 0 Å². The zero-order valence-corrected chi connectivity index (χ0v) is 11.7. The van der Waals surface area contributed by atoms with Crippen molar-refractivity contribution in [1.29, 1.82) is 0 Å². The Bertz CT molecular complexity index is 909. The van der Waals surface area contributed by atoms with Crippen LogP contribution in [0.3, 0.4) is 0 Å². The summed E-state index contributed by atoms with van der Waals surface area (Å²) >= 11 is 0. The fraction of sp³-hybridized carbons (Fsp3) is 0.0667. The number of rotatable bonds is 2. The highest BCUT2D eigenvalue weighted by atomic mass is 16.2. The summed E-state index contributed by atoms with van der Waals surface area (Å²) in [7, 11) is 0. The molecule has 0 atom stereocenters. The molecule has 7 nitrogen and oxygen atoms in total. The molecule has 22 heavy (non-hydrogen) atoms. The van der Waals surface area contributed by atoms with Gasteiger partial charge in [0, 0.05) is 0 Å². The molecule has 0 saturated heterocycles. The SMILES string of the molecule is Cc1ccc(N/N=C2\C(=O)Nc3ccc4[nH]nnc4c32)cc1. The molecule has 1 aliphatic heterocycles. The number of hydrazone groups is 1. The van der Waals surface area contributed by atoms with Gasteiger partial charge < -0.3 is 5.32 Å². The minimum Gasteiger partial charge on any atom is -0.320 e. The second-order valence-electron chi connectivity index (χ2n) is 5.09. The number of aromatic nitrogens is 3. The summed E-state index contributed by atoms with van der Waals surface area (Å²) in [6, 6.07) is 11.4. The lowest BCUT2D eigenvalue weighted by molar-refractivity contribution is -0.110. The van der Waals surface area contributed by atoms with Crippen LogP contribution in [0.5, 0.6) is 0 Å². The first-order valence-electron chi connectivity index (χ1n) is 6.78. The average Bonchev–Trinajstić information content (AvgIpc) is 3.10. The summed E-state index contributed by atoms with van der Waals surface area (Å²) in [5, 5.41) is 17.6. The summed E-state index contributed by atoms with van der Waals surface area (Å²) in [6.07, 6.45) is 0. The van der Waals surface area contributed by atoms with Crippen LogP contribution in [0.1, 0.15) is 11.1 Å². The molecular formula is C15H12N6O. The van der Waals surface area contributed by atoms with E-state index in [0.717, 1.165) is 16.8 Å². The maximum Gasteiger partial charge on any atom is 0.276 e. The first-order valence-corrected chi connectivity index (χ1v) is 6.78. The predicted molar refractivity (Wildman–Crippen MR) is 83.9 cm³/mol. The van der Waals surface area contributed by atoms with Crippen molar-refractivity contribution >= 4 is 34.0 Å². The molecule has 0 radical (unpaired) electrons. The van der Waals surface area contributed by atoms with Gasteiger partial charge in [0.15, 0.2) is 5.71 Å². The number of nitrogens with one attached hydrogen (secondary N) is 3. The number of anilines is 2. The van der Waals surface area contributed by atoms with E-state index in [1.54, 1.807) is 0 Å².